The Morgan fingerprint density at radius 3 is 2.42 bits per heavy atom. The molecule has 0 saturated carbocycles. The number of benzene rings is 3. The van der Waals surface area contributed by atoms with E-state index in [9.17, 15) is 4.79 Å². The SMILES string of the molecule is O=C(Nc1cnn(Cc2c(Cl)cccc2Cl)c1)c1ccc(COc2ccc(Br)cc2Cl)cc1. The van der Waals surface area contributed by atoms with Crippen molar-refractivity contribution in [1.82, 2.24) is 9.78 Å². The van der Waals surface area contributed by atoms with Crippen molar-refractivity contribution < 1.29 is 9.53 Å². The summed E-state index contributed by atoms with van der Waals surface area (Å²) in [6.07, 6.45) is 3.30. The fourth-order valence-corrected chi connectivity index (χ4v) is 4.31. The summed E-state index contributed by atoms with van der Waals surface area (Å²) in [4.78, 5) is 12.6. The van der Waals surface area contributed by atoms with Crippen LogP contribution in [-0.4, -0.2) is 15.7 Å². The molecule has 0 aliphatic rings. The number of halogens is 4. The molecule has 0 radical (unpaired) electrons. The second-order valence-electron chi connectivity index (χ2n) is 7.14. The van der Waals surface area contributed by atoms with Crippen LogP contribution in [0.15, 0.2) is 77.5 Å². The number of carbonyl (C=O) groups is 1. The second-order valence-corrected chi connectivity index (χ2v) is 9.28. The topological polar surface area (TPSA) is 56.2 Å². The molecule has 0 spiro atoms. The Bertz CT molecular complexity index is 1270. The van der Waals surface area contributed by atoms with Crippen molar-refractivity contribution in [1.29, 1.82) is 0 Å². The van der Waals surface area contributed by atoms with Gasteiger partial charge in [-0.25, -0.2) is 0 Å². The predicted molar refractivity (Wildman–Crippen MR) is 136 cm³/mol. The Labute approximate surface area is 214 Å². The first-order valence-corrected chi connectivity index (χ1v) is 11.8. The number of hydrogen-bond donors (Lipinski definition) is 1. The van der Waals surface area contributed by atoms with Crippen LogP contribution in [0.4, 0.5) is 5.69 Å². The zero-order valence-corrected chi connectivity index (χ0v) is 20.9. The minimum Gasteiger partial charge on any atom is -0.487 e. The van der Waals surface area contributed by atoms with Crippen molar-refractivity contribution in [2.75, 3.05) is 5.32 Å². The Balaban J connectivity index is 1.35. The molecule has 1 aromatic heterocycles. The number of amides is 1. The largest absolute Gasteiger partial charge is 0.487 e. The minimum absolute atomic E-state index is 0.242. The van der Waals surface area contributed by atoms with Gasteiger partial charge in [-0.3, -0.25) is 9.48 Å². The van der Waals surface area contributed by atoms with Gasteiger partial charge in [0.25, 0.3) is 5.91 Å². The number of nitrogens with zero attached hydrogens (tertiary/aromatic N) is 2. The van der Waals surface area contributed by atoms with Crippen LogP contribution in [0, 0.1) is 0 Å². The molecule has 4 rings (SSSR count). The highest BCUT2D eigenvalue weighted by molar-refractivity contribution is 9.10. The summed E-state index contributed by atoms with van der Waals surface area (Å²) in [7, 11) is 0. The number of nitrogens with one attached hydrogen (secondary N) is 1. The molecular formula is C24H17BrCl3N3O2. The van der Waals surface area contributed by atoms with Gasteiger partial charge in [-0.05, 0) is 48.0 Å². The van der Waals surface area contributed by atoms with Crippen molar-refractivity contribution in [2.45, 2.75) is 13.2 Å². The fourth-order valence-electron chi connectivity index (χ4n) is 3.07. The summed E-state index contributed by atoms with van der Waals surface area (Å²) in [6, 6.07) is 17.9. The van der Waals surface area contributed by atoms with Gasteiger partial charge in [-0.1, -0.05) is 68.9 Å². The molecule has 0 fully saturated rings. The van der Waals surface area contributed by atoms with E-state index in [0.717, 1.165) is 15.6 Å². The third-order valence-electron chi connectivity index (χ3n) is 4.78. The third kappa shape index (κ3) is 6.09. The van der Waals surface area contributed by atoms with E-state index in [1.165, 1.54) is 0 Å². The molecule has 9 heteroatoms. The number of aromatic nitrogens is 2. The van der Waals surface area contributed by atoms with Crippen LogP contribution in [0.1, 0.15) is 21.5 Å². The number of hydrogen-bond acceptors (Lipinski definition) is 3. The Hall–Kier alpha value is -2.51. The summed E-state index contributed by atoms with van der Waals surface area (Å²) >= 11 is 22.0. The van der Waals surface area contributed by atoms with E-state index in [-0.39, 0.29) is 5.91 Å². The normalized spacial score (nSPS) is 10.8. The fraction of sp³-hybridized carbons (Fsp3) is 0.0833. The molecule has 5 nitrogen and oxygen atoms in total. The van der Waals surface area contributed by atoms with Gasteiger partial charge in [0.1, 0.15) is 12.4 Å². The summed E-state index contributed by atoms with van der Waals surface area (Å²) in [5.41, 5.74) is 2.77. The lowest BCUT2D eigenvalue weighted by Gasteiger charge is -2.09. The lowest BCUT2D eigenvalue weighted by atomic mass is 10.1. The highest BCUT2D eigenvalue weighted by atomic mass is 79.9. The first kappa shape index (κ1) is 23.6. The monoisotopic (exact) mass is 563 g/mol. The molecule has 1 N–H and O–H groups in total. The number of anilines is 1. The van der Waals surface area contributed by atoms with Crippen LogP contribution >= 0.6 is 50.7 Å². The van der Waals surface area contributed by atoms with Gasteiger partial charge in [0.2, 0.25) is 0 Å². The molecule has 0 aliphatic heterocycles. The van der Waals surface area contributed by atoms with Gasteiger partial charge in [-0.15, -0.1) is 0 Å². The minimum atomic E-state index is -0.242. The van der Waals surface area contributed by atoms with Crippen LogP contribution in [-0.2, 0) is 13.2 Å². The van der Waals surface area contributed by atoms with Crippen LogP contribution in [0.3, 0.4) is 0 Å². The van der Waals surface area contributed by atoms with Crippen molar-refractivity contribution in [3.05, 3.63) is 109 Å². The highest BCUT2D eigenvalue weighted by Gasteiger charge is 2.11. The van der Waals surface area contributed by atoms with Gasteiger partial charge in [-0.2, -0.15) is 5.10 Å². The summed E-state index contributed by atoms with van der Waals surface area (Å²) in [6.45, 7) is 0.728. The van der Waals surface area contributed by atoms with E-state index < -0.39 is 0 Å². The lowest BCUT2D eigenvalue weighted by molar-refractivity contribution is 0.102. The van der Waals surface area contributed by atoms with Crippen molar-refractivity contribution in [3.63, 3.8) is 0 Å². The van der Waals surface area contributed by atoms with Crippen LogP contribution < -0.4 is 10.1 Å². The highest BCUT2D eigenvalue weighted by Crippen LogP contribution is 2.28. The molecule has 0 atom stereocenters. The quantitative estimate of drug-likeness (QED) is 0.253. The Morgan fingerprint density at radius 2 is 1.73 bits per heavy atom. The summed E-state index contributed by atoms with van der Waals surface area (Å²) < 4.78 is 8.30. The molecule has 4 aromatic rings. The first-order chi connectivity index (χ1) is 15.9. The molecule has 168 valence electrons. The maximum absolute atomic E-state index is 12.6. The molecule has 3 aromatic carbocycles. The molecule has 1 heterocycles. The number of rotatable bonds is 7. The van der Waals surface area contributed by atoms with Crippen LogP contribution in [0.2, 0.25) is 15.1 Å². The smallest absolute Gasteiger partial charge is 0.255 e. The first-order valence-electron chi connectivity index (χ1n) is 9.82. The molecule has 1 amide bonds. The third-order valence-corrected chi connectivity index (χ3v) is 6.27. The predicted octanol–water partition coefficient (Wildman–Crippen LogP) is 7.49. The molecular weight excluding hydrogens is 549 g/mol. The van der Waals surface area contributed by atoms with Crippen molar-refractivity contribution >= 4 is 62.3 Å². The van der Waals surface area contributed by atoms with E-state index in [4.69, 9.17) is 39.5 Å². The lowest BCUT2D eigenvalue weighted by Crippen LogP contribution is -2.11. The average Bonchev–Trinajstić information content (AvgIpc) is 3.23. The van der Waals surface area contributed by atoms with E-state index in [1.54, 1.807) is 59.5 Å². The standard InChI is InChI=1S/C24H17BrCl3N3O2/c25-17-8-9-23(22(28)10-17)33-14-15-4-6-16(7-5-15)24(32)30-18-11-29-31(12-18)13-19-20(26)2-1-3-21(19)27/h1-12H,13-14H2,(H,30,32). The van der Waals surface area contributed by atoms with Gasteiger partial charge in [0, 0.05) is 31.8 Å². The summed E-state index contributed by atoms with van der Waals surface area (Å²) in [5, 5.41) is 8.77. The molecule has 0 aliphatic carbocycles. The van der Waals surface area contributed by atoms with E-state index in [2.05, 4.69) is 26.3 Å². The molecule has 33 heavy (non-hydrogen) atoms. The van der Waals surface area contributed by atoms with Gasteiger partial charge in [0.05, 0.1) is 23.5 Å². The van der Waals surface area contributed by atoms with Crippen molar-refractivity contribution in [3.8, 4) is 5.75 Å². The Morgan fingerprint density at radius 1 is 1.00 bits per heavy atom. The molecule has 0 unspecified atom stereocenters. The maximum Gasteiger partial charge on any atom is 0.255 e. The zero-order chi connectivity index (χ0) is 23.4. The van der Waals surface area contributed by atoms with Gasteiger partial charge in [0.15, 0.2) is 0 Å². The van der Waals surface area contributed by atoms with Crippen LogP contribution in [0.5, 0.6) is 5.75 Å². The maximum atomic E-state index is 12.6. The van der Waals surface area contributed by atoms with E-state index in [1.807, 2.05) is 18.2 Å². The molecule has 0 bridgehead atoms. The number of ether oxygens (including phenoxy) is 1. The van der Waals surface area contributed by atoms with Gasteiger partial charge >= 0.3 is 0 Å². The average molecular weight is 566 g/mol. The van der Waals surface area contributed by atoms with E-state index >= 15 is 0 Å². The van der Waals surface area contributed by atoms with Gasteiger partial charge < -0.3 is 10.1 Å². The van der Waals surface area contributed by atoms with E-state index in [0.29, 0.717) is 45.2 Å². The van der Waals surface area contributed by atoms with Crippen LogP contribution in [0.25, 0.3) is 0 Å². The summed E-state index contributed by atoms with van der Waals surface area (Å²) in [5.74, 6) is 0.352. The second kappa shape index (κ2) is 10.6. The van der Waals surface area contributed by atoms with Crippen molar-refractivity contribution in [2.24, 2.45) is 0 Å². The molecule has 0 saturated heterocycles. The number of carbonyl (C=O) groups excluding carboxylic acids is 1. The zero-order valence-electron chi connectivity index (χ0n) is 17.1. The Kier molecular flexibility index (Phi) is 7.60.